The number of aliphatic hydroxyl groups is 1. The first-order chi connectivity index (χ1) is 10.3. The van der Waals surface area contributed by atoms with Crippen molar-refractivity contribution in [2.75, 3.05) is 0 Å². The second-order valence-electron chi connectivity index (χ2n) is 6.10. The molecule has 0 spiro atoms. The predicted molar refractivity (Wildman–Crippen MR) is 90.3 cm³/mol. The Labute approximate surface area is 139 Å². The van der Waals surface area contributed by atoms with E-state index in [1.807, 2.05) is 39.0 Å². The van der Waals surface area contributed by atoms with E-state index in [4.69, 9.17) is 4.74 Å². The minimum atomic E-state index is -1.05. The van der Waals surface area contributed by atoms with E-state index in [2.05, 4.69) is 15.9 Å². The lowest BCUT2D eigenvalue weighted by atomic mass is 9.95. The van der Waals surface area contributed by atoms with Crippen molar-refractivity contribution in [1.29, 1.82) is 0 Å². The molecule has 0 aliphatic carbocycles. The zero-order chi connectivity index (χ0) is 16.3. The van der Waals surface area contributed by atoms with Crippen LogP contribution in [0.4, 0.5) is 4.39 Å². The molecule has 0 fully saturated rings. The van der Waals surface area contributed by atoms with Crippen molar-refractivity contribution in [1.82, 2.24) is 0 Å². The molecule has 0 aliphatic heterocycles. The number of halogens is 2. The highest BCUT2D eigenvalue weighted by Gasteiger charge is 2.23. The zero-order valence-electron chi connectivity index (χ0n) is 12.9. The van der Waals surface area contributed by atoms with Gasteiger partial charge in [0.15, 0.2) is 6.29 Å². The van der Waals surface area contributed by atoms with E-state index >= 15 is 0 Å². The second kappa shape index (κ2) is 6.90. The van der Waals surface area contributed by atoms with E-state index in [0.717, 1.165) is 16.7 Å². The number of hydrogen-bond donors (Lipinski definition) is 1. The van der Waals surface area contributed by atoms with Gasteiger partial charge in [0.05, 0.1) is 5.60 Å². The first-order valence-corrected chi connectivity index (χ1v) is 8.23. The van der Waals surface area contributed by atoms with Crippen LogP contribution in [0, 0.1) is 5.82 Å². The monoisotopic (exact) mass is 366 g/mol. The molecule has 0 amide bonds. The van der Waals surface area contributed by atoms with Gasteiger partial charge in [-0.2, -0.15) is 0 Å². The largest absolute Gasteiger partial charge is 0.364 e. The molecule has 118 valence electrons. The third-order valence-corrected chi connectivity index (χ3v) is 3.81. The number of hydrogen-bond acceptors (Lipinski definition) is 2. The van der Waals surface area contributed by atoms with E-state index in [0.29, 0.717) is 10.9 Å². The van der Waals surface area contributed by atoms with Gasteiger partial charge < -0.3 is 9.84 Å². The summed E-state index contributed by atoms with van der Waals surface area (Å²) < 4.78 is 18.9. The van der Waals surface area contributed by atoms with E-state index < -0.39 is 11.9 Å². The molecule has 2 aromatic rings. The van der Waals surface area contributed by atoms with Crippen molar-refractivity contribution in [3.05, 3.63) is 59.4 Å². The summed E-state index contributed by atoms with van der Waals surface area (Å²) in [6.07, 6.45) is -1.05. The first kappa shape index (κ1) is 17.1. The maximum Gasteiger partial charge on any atom is 0.182 e. The number of benzene rings is 2. The van der Waals surface area contributed by atoms with Crippen LogP contribution in [0.2, 0.25) is 0 Å². The molecule has 0 heterocycles. The maximum absolute atomic E-state index is 13.1. The van der Waals surface area contributed by atoms with E-state index in [-0.39, 0.29) is 5.82 Å². The van der Waals surface area contributed by atoms with Crippen molar-refractivity contribution in [2.24, 2.45) is 0 Å². The lowest BCUT2D eigenvalue weighted by Gasteiger charge is -2.27. The standard InChI is InChI=1S/C18H20BrFO2/c1-18(2,3)22-17(21)16-13(11-19)5-4-6-15(16)12-7-9-14(20)10-8-12/h4-10,17,21H,11H2,1-3H3. The molecular weight excluding hydrogens is 347 g/mol. The number of ether oxygens (including phenoxy) is 1. The van der Waals surface area contributed by atoms with E-state index in [9.17, 15) is 9.50 Å². The minimum Gasteiger partial charge on any atom is -0.364 e. The van der Waals surface area contributed by atoms with Crippen LogP contribution in [-0.4, -0.2) is 10.7 Å². The van der Waals surface area contributed by atoms with Crippen LogP contribution in [0.3, 0.4) is 0 Å². The van der Waals surface area contributed by atoms with E-state index in [1.165, 1.54) is 12.1 Å². The molecule has 2 rings (SSSR count). The van der Waals surface area contributed by atoms with E-state index in [1.54, 1.807) is 12.1 Å². The first-order valence-electron chi connectivity index (χ1n) is 7.11. The Morgan fingerprint density at radius 2 is 1.77 bits per heavy atom. The molecule has 0 saturated carbocycles. The molecule has 0 saturated heterocycles. The quantitative estimate of drug-likeness (QED) is 0.595. The summed E-state index contributed by atoms with van der Waals surface area (Å²) >= 11 is 3.45. The molecule has 1 atom stereocenters. The van der Waals surface area contributed by atoms with Gasteiger partial charge in [0.25, 0.3) is 0 Å². The van der Waals surface area contributed by atoms with Crippen LogP contribution in [0.5, 0.6) is 0 Å². The summed E-state index contributed by atoms with van der Waals surface area (Å²) in [7, 11) is 0. The average molecular weight is 367 g/mol. The molecule has 0 aromatic heterocycles. The fourth-order valence-electron chi connectivity index (χ4n) is 2.30. The molecule has 2 nitrogen and oxygen atoms in total. The van der Waals surface area contributed by atoms with Gasteiger partial charge in [-0.25, -0.2) is 4.39 Å². The van der Waals surface area contributed by atoms with Crippen molar-refractivity contribution in [2.45, 2.75) is 38.0 Å². The molecule has 4 heteroatoms. The predicted octanol–water partition coefficient (Wildman–Crippen LogP) is 5.19. The van der Waals surface area contributed by atoms with Gasteiger partial charge in [-0.3, -0.25) is 0 Å². The van der Waals surface area contributed by atoms with Gasteiger partial charge in [0.2, 0.25) is 0 Å². The lowest BCUT2D eigenvalue weighted by Crippen LogP contribution is -2.23. The third kappa shape index (κ3) is 4.15. The Morgan fingerprint density at radius 1 is 1.14 bits per heavy atom. The van der Waals surface area contributed by atoms with Gasteiger partial charge in [-0.05, 0) is 49.6 Å². The van der Waals surface area contributed by atoms with Crippen molar-refractivity contribution in [3.8, 4) is 11.1 Å². The Balaban J connectivity index is 2.52. The molecule has 0 bridgehead atoms. The maximum atomic E-state index is 13.1. The topological polar surface area (TPSA) is 29.5 Å². The second-order valence-corrected chi connectivity index (χ2v) is 6.66. The molecule has 22 heavy (non-hydrogen) atoms. The van der Waals surface area contributed by atoms with Crippen LogP contribution in [-0.2, 0) is 10.1 Å². The van der Waals surface area contributed by atoms with Gasteiger partial charge in [0.1, 0.15) is 5.82 Å². The summed E-state index contributed by atoms with van der Waals surface area (Å²) in [6.45, 7) is 5.68. The van der Waals surface area contributed by atoms with Gasteiger partial charge >= 0.3 is 0 Å². The number of rotatable bonds is 4. The van der Waals surface area contributed by atoms with Crippen LogP contribution >= 0.6 is 15.9 Å². The Morgan fingerprint density at radius 3 is 2.32 bits per heavy atom. The normalized spacial score (nSPS) is 13.2. The van der Waals surface area contributed by atoms with Crippen LogP contribution in [0.15, 0.2) is 42.5 Å². The highest BCUT2D eigenvalue weighted by atomic mass is 79.9. The fourth-order valence-corrected chi connectivity index (χ4v) is 2.79. The number of aliphatic hydroxyl groups excluding tert-OH is 1. The zero-order valence-corrected chi connectivity index (χ0v) is 14.5. The third-order valence-electron chi connectivity index (χ3n) is 3.21. The summed E-state index contributed by atoms with van der Waals surface area (Å²) in [5, 5.41) is 11.1. The van der Waals surface area contributed by atoms with Crippen LogP contribution in [0.1, 0.15) is 38.2 Å². The van der Waals surface area contributed by atoms with Gasteiger partial charge in [0, 0.05) is 10.9 Å². The number of alkyl halides is 1. The van der Waals surface area contributed by atoms with Gasteiger partial charge in [-0.15, -0.1) is 0 Å². The Hall–Kier alpha value is -1.23. The molecule has 1 unspecified atom stereocenters. The SMILES string of the molecule is CC(C)(C)OC(O)c1c(CBr)cccc1-c1ccc(F)cc1. The molecule has 1 N–H and O–H groups in total. The molecule has 0 aliphatic rings. The van der Waals surface area contributed by atoms with Gasteiger partial charge in [-0.1, -0.05) is 46.3 Å². The molecule has 2 aromatic carbocycles. The summed E-state index contributed by atoms with van der Waals surface area (Å²) in [5.74, 6) is -0.284. The highest BCUT2D eigenvalue weighted by Crippen LogP contribution is 2.34. The lowest BCUT2D eigenvalue weighted by molar-refractivity contribution is -0.169. The van der Waals surface area contributed by atoms with Crippen molar-refractivity contribution in [3.63, 3.8) is 0 Å². The fraction of sp³-hybridized carbons (Fsp3) is 0.333. The summed E-state index contributed by atoms with van der Waals surface area (Å²) in [6, 6.07) is 12.0. The highest BCUT2D eigenvalue weighted by molar-refractivity contribution is 9.08. The van der Waals surface area contributed by atoms with Crippen LogP contribution in [0.25, 0.3) is 11.1 Å². The summed E-state index contributed by atoms with van der Waals surface area (Å²) in [5.41, 5.74) is 2.86. The van der Waals surface area contributed by atoms with Crippen LogP contribution < -0.4 is 0 Å². The Bertz CT molecular complexity index is 633. The Kier molecular flexibility index (Phi) is 5.37. The minimum absolute atomic E-state index is 0.284. The van der Waals surface area contributed by atoms with Crippen molar-refractivity contribution >= 4 is 15.9 Å². The smallest absolute Gasteiger partial charge is 0.182 e. The summed E-state index contributed by atoms with van der Waals surface area (Å²) in [4.78, 5) is 0. The molecule has 0 radical (unpaired) electrons. The average Bonchev–Trinajstić information content (AvgIpc) is 2.45. The molecular formula is C18H20BrFO2. The van der Waals surface area contributed by atoms with Crippen molar-refractivity contribution < 1.29 is 14.2 Å².